The summed E-state index contributed by atoms with van der Waals surface area (Å²) < 4.78 is 29.8. The van der Waals surface area contributed by atoms with Crippen LogP contribution < -0.4 is 15.5 Å². The van der Waals surface area contributed by atoms with Crippen molar-refractivity contribution in [1.29, 1.82) is 0 Å². The van der Waals surface area contributed by atoms with Crippen LogP contribution >= 0.6 is 11.3 Å². The summed E-state index contributed by atoms with van der Waals surface area (Å²) in [6.07, 6.45) is 6.27. The number of likely N-dealkylation sites (tertiary alicyclic amines) is 1. The SMILES string of the molecule is Bc1ccc2c(c1)cc1n2[C@H](c2cnc(C3CC3)s2)Oc2cc(-c3cnc([C@@H]4CCCN4C(=O)[C@@H](NC(=O)OC)C(C)C)[nH]3)cc(F)c2-1. The van der Waals surface area contributed by atoms with Crippen molar-refractivity contribution < 1.29 is 23.5 Å². The first-order valence-corrected chi connectivity index (χ1v) is 17.3. The number of halogens is 1. The number of thiazole rings is 1. The van der Waals surface area contributed by atoms with Crippen LogP contribution in [-0.2, 0) is 9.53 Å². The molecule has 0 radical (unpaired) electrons. The summed E-state index contributed by atoms with van der Waals surface area (Å²) in [5.41, 5.74) is 4.50. The van der Waals surface area contributed by atoms with Crippen LogP contribution in [0.25, 0.3) is 33.4 Å². The Morgan fingerprint density at radius 2 is 1.98 bits per heavy atom. The lowest BCUT2D eigenvalue weighted by Crippen LogP contribution is -2.51. The fourth-order valence-corrected chi connectivity index (χ4v) is 8.13. The van der Waals surface area contributed by atoms with Crippen LogP contribution in [0.15, 0.2) is 48.8 Å². The highest BCUT2D eigenvalue weighted by Gasteiger charge is 2.38. The minimum atomic E-state index is -0.731. The monoisotopic (exact) mass is 666 g/mol. The van der Waals surface area contributed by atoms with Gasteiger partial charge in [-0.15, -0.1) is 11.3 Å². The molecule has 2 fully saturated rings. The number of fused-ring (bicyclic) bond motifs is 5. The third-order valence-electron chi connectivity index (χ3n) is 9.64. The lowest BCUT2D eigenvalue weighted by atomic mass is 9.95. The number of aromatic nitrogens is 4. The molecule has 2 aliphatic heterocycles. The van der Waals surface area contributed by atoms with Crippen LogP contribution in [0.4, 0.5) is 9.18 Å². The van der Waals surface area contributed by atoms with Gasteiger partial charge in [0.25, 0.3) is 0 Å². The fourth-order valence-electron chi connectivity index (χ4n) is 7.02. The van der Waals surface area contributed by atoms with Gasteiger partial charge < -0.3 is 24.7 Å². The molecule has 5 heterocycles. The highest BCUT2D eigenvalue weighted by molar-refractivity contribution is 7.11. The van der Waals surface area contributed by atoms with Crippen molar-refractivity contribution >= 4 is 47.5 Å². The van der Waals surface area contributed by atoms with Crippen LogP contribution in [0, 0.1) is 11.7 Å². The van der Waals surface area contributed by atoms with E-state index in [0.29, 0.717) is 47.3 Å². The number of amides is 2. The predicted octanol–water partition coefficient (Wildman–Crippen LogP) is 5.41. The Morgan fingerprint density at radius 1 is 1.15 bits per heavy atom. The largest absolute Gasteiger partial charge is 0.464 e. The average Bonchev–Trinajstić information content (AvgIpc) is 3.47. The maximum Gasteiger partial charge on any atom is 0.407 e. The number of benzene rings is 2. The van der Waals surface area contributed by atoms with E-state index in [9.17, 15) is 9.59 Å². The Balaban J connectivity index is 1.14. The van der Waals surface area contributed by atoms with Crippen molar-refractivity contribution in [3.63, 3.8) is 0 Å². The second-order valence-electron chi connectivity index (χ2n) is 13.4. The lowest BCUT2D eigenvalue weighted by molar-refractivity contribution is -0.135. The van der Waals surface area contributed by atoms with Crippen molar-refractivity contribution in [3.8, 4) is 28.3 Å². The Kier molecular flexibility index (Phi) is 7.54. The molecule has 13 heteroatoms. The number of carbonyl (C=O) groups is 2. The molecule has 1 saturated carbocycles. The van der Waals surface area contributed by atoms with Gasteiger partial charge in [0.05, 0.1) is 51.7 Å². The minimum Gasteiger partial charge on any atom is -0.464 e. The molecule has 5 aromatic rings. The average molecular weight is 667 g/mol. The number of imidazole rings is 1. The van der Waals surface area contributed by atoms with Crippen molar-refractivity contribution in [3.05, 3.63) is 70.3 Å². The first-order valence-electron chi connectivity index (χ1n) is 16.5. The second kappa shape index (κ2) is 11.8. The predicted molar refractivity (Wildman–Crippen MR) is 184 cm³/mol. The Hall–Kier alpha value is -4.65. The first-order chi connectivity index (χ1) is 23.2. The number of hydrogen-bond donors (Lipinski definition) is 2. The molecule has 0 spiro atoms. The standard InChI is InChI=1S/C35H36BFN6O4S/c1-17(2)30(41-35(45)46-3)33(44)42-10-4-5-25(42)31-38-15-23(40-31)19-12-22(37)29-26-13-20-11-21(36)8-9-24(20)43(26)34(47-27(29)14-19)28-16-39-32(48-28)18-6-7-18/h8-9,11-18,25,30,34H,4-7,10,36H2,1-3H3,(H,38,40)(H,41,45)/t25-,30-,34-/m0/s1. The van der Waals surface area contributed by atoms with Gasteiger partial charge in [0, 0.05) is 24.2 Å². The summed E-state index contributed by atoms with van der Waals surface area (Å²) in [4.78, 5) is 41.1. The zero-order chi connectivity index (χ0) is 33.3. The van der Waals surface area contributed by atoms with E-state index in [0.717, 1.165) is 51.2 Å². The van der Waals surface area contributed by atoms with Crippen LogP contribution in [0.3, 0.4) is 0 Å². The molecule has 2 amide bonds. The van der Waals surface area contributed by atoms with E-state index in [1.165, 1.54) is 13.2 Å². The topological polar surface area (TPSA) is 114 Å². The molecule has 3 aliphatic rings. The number of nitrogens with one attached hydrogen (secondary N) is 2. The van der Waals surface area contributed by atoms with Crippen molar-refractivity contribution in [2.75, 3.05) is 13.7 Å². The first kappa shape index (κ1) is 30.7. The molecular weight excluding hydrogens is 630 g/mol. The van der Waals surface area contributed by atoms with E-state index in [1.54, 1.807) is 22.4 Å². The summed E-state index contributed by atoms with van der Waals surface area (Å²) >= 11 is 1.67. The molecule has 8 rings (SSSR count). The molecule has 3 aromatic heterocycles. The zero-order valence-corrected chi connectivity index (χ0v) is 28.1. The molecule has 0 bridgehead atoms. The molecule has 48 heavy (non-hydrogen) atoms. The quantitative estimate of drug-likeness (QED) is 0.225. The normalized spacial score (nSPS) is 19.2. The maximum atomic E-state index is 16.3. The summed E-state index contributed by atoms with van der Waals surface area (Å²) in [6, 6.07) is 10.6. The summed E-state index contributed by atoms with van der Waals surface area (Å²) in [5, 5.41) is 4.83. The molecule has 1 saturated heterocycles. The molecular formula is C35H36BFN6O4S. The van der Waals surface area contributed by atoms with Crippen molar-refractivity contribution in [1.82, 2.24) is 29.7 Å². The number of carbonyl (C=O) groups excluding carboxylic acids is 2. The van der Waals surface area contributed by atoms with Gasteiger partial charge in [-0.3, -0.25) is 9.36 Å². The molecule has 1 aliphatic carbocycles. The number of methoxy groups -OCH3 is 1. The third-order valence-corrected chi connectivity index (χ3v) is 10.8. The van der Waals surface area contributed by atoms with Crippen LogP contribution in [0.2, 0.25) is 0 Å². The molecule has 3 atom stereocenters. The molecule has 0 unspecified atom stereocenters. The highest BCUT2D eigenvalue weighted by Crippen LogP contribution is 2.49. The number of rotatable bonds is 7. The van der Waals surface area contributed by atoms with Gasteiger partial charge in [-0.25, -0.2) is 19.2 Å². The van der Waals surface area contributed by atoms with Crippen LogP contribution in [0.5, 0.6) is 5.75 Å². The summed E-state index contributed by atoms with van der Waals surface area (Å²) in [6.45, 7) is 4.31. The summed E-state index contributed by atoms with van der Waals surface area (Å²) in [5.74, 6) is 0.862. The molecule has 246 valence electrons. The Morgan fingerprint density at radius 3 is 2.75 bits per heavy atom. The smallest absolute Gasteiger partial charge is 0.407 e. The van der Waals surface area contributed by atoms with E-state index in [1.807, 2.05) is 32.2 Å². The molecule has 2 N–H and O–H groups in total. The van der Waals surface area contributed by atoms with Crippen LogP contribution in [-0.4, -0.2) is 64.0 Å². The highest BCUT2D eigenvalue weighted by atomic mass is 32.1. The second-order valence-corrected chi connectivity index (χ2v) is 14.5. The fraction of sp³-hybridized carbons (Fsp3) is 0.371. The van der Waals surface area contributed by atoms with Crippen molar-refractivity contribution in [2.45, 2.75) is 63.8 Å². The Bertz CT molecular complexity index is 2070. The number of hydrogen-bond acceptors (Lipinski definition) is 7. The molecule has 2 aromatic carbocycles. The number of aromatic amines is 1. The summed E-state index contributed by atoms with van der Waals surface area (Å²) in [7, 11) is 3.33. The zero-order valence-electron chi connectivity index (χ0n) is 27.2. The maximum absolute atomic E-state index is 16.3. The van der Waals surface area contributed by atoms with E-state index in [-0.39, 0.29) is 17.9 Å². The van der Waals surface area contributed by atoms with Gasteiger partial charge in [0.1, 0.15) is 31.3 Å². The molecule has 10 nitrogen and oxygen atoms in total. The number of nitrogens with zero attached hydrogens (tertiary/aromatic N) is 4. The van der Waals surface area contributed by atoms with Gasteiger partial charge >= 0.3 is 6.09 Å². The van der Waals surface area contributed by atoms with E-state index < -0.39 is 24.2 Å². The van der Waals surface area contributed by atoms with E-state index >= 15 is 4.39 Å². The minimum absolute atomic E-state index is 0.139. The van der Waals surface area contributed by atoms with Crippen molar-refractivity contribution in [2.24, 2.45) is 5.92 Å². The van der Waals surface area contributed by atoms with Gasteiger partial charge in [0.15, 0.2) is 0 Å². The lowest BCUT2D eigenvalue weighted by Gasteiger charge is -2.30. The van der Waals surface area contributed by atoms with Crippen LogP contribution in [0.1, 0.15) is 73.4 Å². The van der Waals surface area contributed by atoms with E-state index in [4.69, 9.17) is 14.5 Å². The van der Waals surface area contributed by atoms with Gasteiger partial charge in [0.2, 0.25) is 12.1 Å². The number of ether oxygens (including phenoxy) is 2. The Labute approximate surface area is 282 Å². The van der Waals surface area contributed by atoms with Gasteiger partial charge in [-0.1, -0.05) is 31.4 Å². The van der Waals surface area contributed by atoms with Gasteiger partial charge in [-0.2, -0.15) is 0 Å². The number of H-pyrrole nitrogens is 1. The third kappa shape index (κ3) is 5.24. The van der Waals surface area contributed by atoms with E-state index in [2.05, 4.69) is 45.9 Å². The number of alkyl carbamates (subject to hydrolysis) is 1. The van der Waals surface area contributed by atoms with Gasteiger partial charge in [-0.05, 0) is 61.3 Å².